The van der Waals surface area contributed by atoms with E-state index in [0.717, 1.165) is 19.4 Å². The molecule has 0 saturated carbocycles. The van der Waals surface area contributed by atoms with Crippen LogP contribution >= 0.6 is 0 Å². The van der Waals surface area contributed by atoms with Gasteiger partial charge in [-0.2, -0.15) is 0 Å². The number of methoxy groups -OCH3 is 1. The van der Waals surface area contributed by atoms with Gasteiger partial charge < -0.3 is 9.47 Å². The summed E-state index contributed by atoms with van der Waals surface area (Å²) >= 11 is 0. The molecule has 1 aromatic rings. The zero-order valence-electron chi connectivity index (χ0n) is 12.5. The zero-order valence-corrected chi connectivity index (χ0v) is 12.5. The molecule has 8 heteroatoms. The van der Waals surface area contributed by atoms with Gasteiger partial charge in [0.1, 0.15) is 5.69 Å². The number of carbonyl (C=O) groups excluding carboxylic acids is 2. The summed E-state index contributed by atoms with van der Waals surface area (Å²) < 4.78 is 9.36. The van der Waals surface area contributed by atoms with Gasteiger partial charge >= 0.3 is 11.9 Å². The van der Waals surface area contributed by atoms with E-state index < -0.39 is 22.5 Å². The summed E-state index contributed by atoms with van der Waals surface area (Å²) in [6.45, 7) is 3.58. The highest BCUT2D eigenvalue weighted by atomic mass is 16.6. The molecular formula is C14H16N2O6. The average molecular weight is 308 g/mol. The second-order valence-corrected chi connectivity index (χ2v) is 4.12. The maximum absolute atomic E-state index is 11.7. The molecule has 1 aromatic heterocycles. The van der Waals surface area contributed by atoms with Crippen LogP contribution in [0.3, 0.4) is 0 Å². The topological polar surface area (TPSA) is 109 Å². The second-order valence-electron chi connectivity index (χ2n) is 4.12. The van der Waals surface area contributed by atoms with Crippen molar-refractivity contribution in [2.24, 2.45) is 0 Å². The molecule has 0 atom stereocenters. The molecule has 8 nitrogen and oxygen atoms in total. The van der Waals surface area contributed by atoms with E-state index in [9.17, 15) is 19.7 Å². The fourth-order valence-electron chi connectivity index (χ4n) is 1.64. The first-order chi connectivity index (χ1) is 10.4. The molecule has 0 fully saturated rings. The van der Waals surface area contributed by atoms with Crippen LogP contribution in [0.4, 0.5) is 5.69 Å². The molecule has 0 radical (unpaired) electrons. The van der Waals surface area contributed by atoms with Crippen molar-refractivity contribution in [3.8, 4) is 0 Å². The molecule has 0 unspecified atom stereocenters. The minimum absolute atomic E-state index is 0.0254. The van der Waals surface area contributed by atoms with Gasteiger partial charge in [-0.1, -0.05) is 6.92 Å². The van der Waals surface area contributed by atoms with E-state index in [2.05, 4.69) is 9.72 Å². The summed E-state index contributed by atoms with van der Waals surface area (Å²) in [7, 11) is 1.16. The van der Waals surface area contributed by atoms with Crippen LogP contribution in [0.2, 0.25) is 0 Å². The molecule has 0 N–H and O–H groups in total. The van der Waals surface area contributed by atoms with E-state index in [4.69, 9.17) is 4.74 Å². The van der Waals surface area contributed by atoms with Gasteiger partial charge in [0.15, 0.2) is 0 Å². The molecule has 0 aliphatic rings. The monoisotopic (exact) mass is 308 g/mol. The third-order valence-electron chi connectivity index (χ3n) is 2.74. The van der Waals surface area contributed by atoms with E-state index in [0.29, 0.717) is 6.42 Å². The van der Waals surface area contributed by atoms with Gasteiger partial charge in [0.25, 0.3) is 5.69 Å². The number of hydrogen-bond acceptors (Lipinski definition) is 7. The smallest absolute Gasteiger partial charge is 0.339 e. The summed E-state index contributed by atoms with van der Waals surface area (Å²) in [5.41, 5.74) is -0.204. The molecule has 0 bridgehead atoms. The van der Waals surface area contributed by atoms with Gasteiger partial charge in [0.05, 0.1) is 24.2 Å². The number of nitrogens with zero attached hydrogens (tertiary/aromatic N) is 2. The number of rotatable bonds is 6. The minimum atomic E-state index is -0.729. The Balaban J connectivity index is 3.31. The van der Waals surface area contributed by atoms with E-state index in [1.807, 2.05) is 0 Å². The molecule has 1 heterocycles. The summed E-state index contributed by atoms with van der Waals surface area (Å²) in [5, 5.41) is 11.1. The van der Waals surface area contributed by atoms with Crippen molar-refractivity contribution in [3.63, 3.8) is 0 Å². The molecule has 1 rings (SSSR count). The Morgan fingerprint density at radius 3 is 2.59 bits per heavy atom. The lowest BCUT2D eigenvalue weighted by Crippen LogP contribution is -2.08. The predicted octanol–water partition coefficient (Wildman–Crippen LogP) is 2.13. The standard InChI is InChI=1S/C14H16N2O6/c1-4-9(14(18)22-5-2)6-11-12(16(19)20)7-10(8-15-11)13(17)21-3/h6-8H,4-5H2,1-3H3/b9-6-. The van der Waals surface area contributed by atoms with Crippen molar-refractivity contribution in [1.29, 1.82) is 0 Å². The van der Waals surface area contributed by atoms with E-state index in [-0.39, 0.29) is 23.4 Å². The van der Waals surface area contributed by atoms with Crippen molar-refractivity contribution in [3.05, 3.63) is 39.2 Å². The molecule has 0 aromatic carbocycles. The number of ether oxygens (including phenoxy) is 2. The van der Waals surface area contributed by atoms with Crippen molar-refractivity contribution >= 4 is 23.7 Å². The zero-order chi connectivity index (χ0) is 16.7. The molecular weight excluding hydrogens is 292 g/mol. The average Bonchev–Trinajstić information content (AvgIpc) is 2.51. The summed E-state index contributed by atoms with van der Waals surface area (Å²) in [4.78, 5) is 37.4. The number of carbonyl (C=O) groups is 2. The van der Waals surface area contributed by atoms with Crippen LogP contribution < -0.4 is 0 Å². The Hall–Kier alpha value is -2.77. The molecule has 0 aliphatic heterocycles. The first-order valence-electron chi connectivity index (χ1n) is 6.55. The van der Waals surface area contributed by atoms with Crippen LogP contribution in [0.25, 0.3) is 6.08 Å². The number of esters is 2. The minimum Gasteiger partial charge on any atom is -0.465 e. The van der Waals surface area contributed by atoms with Crippen LogP contribution in [0.1, 0.15) is 36.3 Å². The molecule has 0 aliphatic carbocycles. The lowest BCUT2D eigenvalue weighted by atomic mass is 10.1. The Kier molecular flexibility index (Phi) is 6.18. The predicted molar refractivity (Wildman–Crippen MR) is 77.1 cm³/mol. The van der Waals surface area contributed by atoms with Gasteiger partial charge in [0.2, 0.25) is 0 Å². The number of pyridine rings is 1. The first-order valence-corrected chi connectivity index (χ1v) is 6.55. The Morgan fingerprint density at radius 1 is 1.41 bits per heavy atom. The van der Waals surface area contributed by atoms with E-state index in [1.54, 1.807) is 13.8 Å². The third kappa shape index (κ3) is 4.11. The van der Waals surface area contributed by atoms with Gasteiger partial charge in [0, 0.05) is 17.8 Å². The lowest BCUT2D eigenvalue weighted by molar-refractivity contribution is -0.385. The van der Waals surface area contributed by atoms with Gasteiger partial charge in [-0.25, -0.2) is 14.6 Å². The van der Waals surface area contributed by atoms with Crippen molar-refractivity contribution in [1.82, 2.24) is 4.98 Å². The Labute approximate surface area is 126 Å². The van der Waals surface area contributed by atoms with Gasteiger partial charge in [-0.3, -0.25) is 10.1 Å². The largest absolute Gasteiger partial charge is 0.465 e. The van der Waals surface area contributed by atoms with E-state index in [1.165, 1.54) is 6.08 Å². The fourth-order valence-corrected chi connectivity index (χ4v) is 1.64. The first kappa shape index (κ1) is 17.3. The fraction of sp³-hybridized carbons (Fsp3) is 0.357. The van der Waals surface area contributed by atoms with Crippen LogP contribution in [0, 0.1) is 10.1 Å². The Bertz CT molecular complexity index is 624. The molecule has 0 saturated heterocycles. The third-order valence-corrected chi connectivity index (χ3v) is 2.74. The SMILES string of the molecule is CCOC(=O)/C(=C\c1ncc(C(=O)OC)cc1[N+](=O)[O-])CC. The van der Waals surface area contributed by atoms with Crippen molar-refractivity contribution in [2.75, 3.05) is 13.7 Å². The van der Waals surface area contributed by atoms with Gasteiger partial charge in [-0.05, 0) is 19.4 Å². The molecule has 0 spiro atoms. The molecule has 22 heavy (non-hydrogen) atoms. The maximum Gasteiger partial charge on any atom is 0.339 e. The van der Waals surface area contributed by atoms with Crippen LogP contribution in [0.15, 0.2) is 17.8 Å². The van der Waals surface area contributed by atoms with E-state index >= 15 is 0 Å². The number of hydrogen-bond donors (Lipinski definition) is 0. The summed E-state index contributed by atoms with van der Waals surface area (Å²) in [5.74, 6) is -1.29. The highest BCUT2D eigenvalue weighted by Crippen LogP contribution is 2.22. The number of aromatic nitrogens is 1. The highest BCUT2D eigenvalue weighted by molar-refractivity contribution is 5.94. The summed E-state index contributed by atoms with van der Waals surface area (Å²) in [6.07, 6.45) is 2.77. The quantitative estimate of drug-likeness (QED) is 0.343. The molecule has 118 valence electrons. The van der Waals surface area contributed by atoms with Crippen molar-refractivity contribution in [2.45, 2.75) is 20.3 Å². The normalized spacial score (nSPS) is 11.0. The summed E-state index contributed by atoms with van der Waals surface area (Å²) in [6, 6.07) is 1.06. The highest BCUT2D eigenvalue weighted by Gasteiger charge is 2.20. The second kappa shape index (κ2) is 7.87. The van der Waals surface area contributed by atoms with Crippen molar-refractivity contribution < 1.29 is 24.0 Å². The lowest BCUT2D eigenvalue weighted by Gasteiger charge is -2.05. The van der Waals surface area contributed by atoms with Crippen LogP contribution in [-0.4, -0.2) is 35.6 Å². The molecule has 0 amide bonds. The van der Waals surface area contributed by atoms with Gasteiger partial charge in [-0.15, -0.1) is 0 Å². The Morgan fingerprint density at radius 2 is 2.09 bits per heavy atom. The van der Waals surface area contributed by atoms with Crippen LogP contribution in [-0.2, 0) is 14.3 Å². The maximum atomic E-state index is 11.7. The van der Waals surface area contributed by atoms with Crippen LogP contribution in [0.5, 0.6) is 0 Å². The number of nitro groups is 1.